The van der Waals surface area contributed by atoms with Crippen LogP contribution in [-0.4, -0.2) is 20.4 Å². The fourth-order valence-electron chi connectivity index (χ4n) is 1.82. The minimum atomic E-state index is -0.471. The predicted molar refractivity (Wildman–Crippen MR) is 59.7 cm³/mol. The monoisotopic (exact) mass is 231 g/mol. The van der Waals surface area contributed by atoms with Gasteiger partial charge in [0.1, 0.15) is 6.33 Å². The lowest BCUT2D eigenvalue weighted by Gasteiger charge is -2.00. The lowest BCUT2D eigenvalue weighted by Crippen LogP contribution is -2.10. The number of rotatable bonds is 2. The van der Waals surface area contributed by atoms with Crippen molar-refractivity contribution in [1.82, 2.24) is 9.55 Å². The summed E-state index contributed by atoms with van der Waals surface area (Å²) >= 11 is 0. The number of carbonyl (C=O) groups is 1. The third-order valence-electron chi connectivity index (χ3n) is 2.91. The van der Waals surface area contributed by atoms with Crippen molar-refractivity contribution in [3.05, 3.63) is 34.6 Å². The van der Waals surface area contributed by atoms with E-state index in [0.717, 1.165) is 12.8 Å². The van der Waals surface area contributed by atoms with Crippen molar-refractivity contribution in [1.29, 1.82) is 0 Å². The molecule has 0 saturated heterocycles. The van der Waals surface area contributed by atoms with E-state index in [0.29, 0.717) is 11.0 Å². The topological polar surface area (TPSA) is 78.0 Å². The van der Waals surface area contributed by atoms with Crippen LogP contribution >= 0.6 is 0 Å². The van der Waals surface area contributed by atoms with Crippen LogP contribution in [0, 0.1) is 16.0 Å². The molecule has 1 saturated carbocycles. The van der Waals surface area contributed by atoms with E-state index in [1.807, 2.05) is 0 Å². The fourth-order valence-corrected chi connectivity index (χ4v) is 1.82. The van der Waals surface area contributed by atoms with Crippen molar-refractivity contribution in [2.75, 3.05) is 0 Å². The summed E-state index contributed by atoms with van der Waals surface area (Å²) < 4.78 is 1.48. The number of benzene rings is 1. The Morgan fingerprint density at radius 1 is 1.47 bits per heavy atom. The van der Waals surface area contributed by atoms with Crippen molar-refractivity contribution in [2.45, 2.75) is 12.8 Å². The van der Waals surface area contributed by atoms with Crippen LogP contribution in [-0.2, 0) is 0 Å². The van der Waals surface area contributed by atoms with Gasteiger partial charge in [0, 0.05) is 18.1 Å². The maximum Gasteiger partial charge on any atom is 0.271 e. The number of imidazole rings is 1. The molecule has 1 heterocycles. The lowest BCUT2D eigenvalue weighted by atomic mass is 10.2. The number of hydrogen-bond acceptors (Lipinski definition) is 4. The zero-order chi connectivity index (χ0) is 12.0. The molecule has 1 fully saturated rings. The third-order valence-corrected chi connectivity index (χ3v) is 2.91. The smallest absolute Gasteiger partial charge is 0.271 e. The quantitative estimate of drug-likeness (QED) is 0.584. The Hall–Kier alpha value is -2.24. The first-order valence-corrected chi connectivity index (χ1v) is 5.32. The van der Waals surface area contributed by atoms with Gasteiger partial charge in [-0.1, -0.05) is 0 Å². The van der Waals surface area contributed by atoms with E-state index in [2.05, 4.69) is 4.98 Å². The van der Waals surface area contributed by atoms with E-state index < -0.39 is 4.92 Å². The van der Waals surface area contributed by atoms with Crippen LogP contribution in [0.15, 0.2) is 24.5 Å². The van der Waals surface area contributed by atoms with Gasteiger partial charge in [-0.25, -0.2) is 4.98 Å². The summed E-state index contributed by atoms with van der Waals surface area (Å²) in [6, 6.07) is 4.34. The molecule has 0 amide bonds. The van der Waals surface area contributed by atoms with Crippen molar-refractivity contribution < 1.29 is 9.72 Å². The van der Waals surface area contributed by atoms with E-state index in [1.54, 1.807) is 6.07 Å². The van der Waals surface area contributed by atoms with Gasteiger partial charge in [0.2, 0.25) is 5.91 Å². The van der Waals surface area contributed by atoms with Crippen molar-refractivity contribution in [3.8, 4) is 0 Å². The van der Waals surface area contributed by atoms with Crippen LogP contribution in [0.4, 0.5) is 5.69 Å². The summed E-state index contributed by atoms with van der Waals surface area (Å²) in [5.74, 6) is 0.129. The molecule has 0 unspecified atom stereocenters. The van der Waals surface area contributed by atoms with Gasteiger partial charge in [-0.15, -0.1) is 0 Å². The number of aromatic nitrogens is 2. The number of non-ortho nitro benzene ring substituents is 1. The van der Waals surface area contributed by atoms with Crippen LogP contribution in [0.2, 0.25) is 0 Å². The zero-order valence-electron chi connectivity index (χ0n) is 8.87. The molecular weight excluding hydrogens is 222 g/mol. The molecule has 0 bridgehead atoms. The van der Waals surface area contributed by atoms with Gasteiger partial charge in [0.25, 0.3) is 5.69 Å². The standard InChI is InChI=1S/C11H9N3O3/c15-11(7-1-2-7)13-6-12-9-5-8(14(16)17)3-4-10(9)13/h3-7H,1-2H2. The number of nitro benzene ring substituents is 1. The van der Waals surface area contributed by atoms with Crippen LogP contribution in [0.25, 0.3) is 11.0 Å². The average molecular weight is 231 g/mol. The second-order valence-corrected chi connectivity index (χ2v) is 4.16. The highest BCUT2D eigenvalue weighted by atomic mass is 16.6. The van der Waals surface area contributed by atoms with Gasteiger partial charge in [-0.3, -0.25) is 19.5 Å². The van der Waals surface area contributed by atoms with Gasteiger partial charge < -0.3 is 0 Å². The Morgan fingerprint density at radius 3 is 2.88 bits per heavy atom. The first kappa shape index (κ1) is 9.95. The van der Waals surface area contributed by atoms with Gasteiger partial charge >= 0.3 is 0 Å². The molecule has 17 heavy (non-hydrogen) atoms. The Balaban J connectivity index is 2.10. The van der Waals surface area contributed by atoms with Gasteiger partial charge in [0.15, 0.2) is 0 Å². The summed E-state index contributed by atoms with van der Waals surface area (Å²) in [7, 11) is 0. The Kier molecular flexibility index (Phi) is 1.98. The molecule has 0 N–H and O–H groups in total. The van der Waals surface area contributed by atoms with Crippen molar-refractivity contribution in [3.63, 3.8) is 0 Å². The number of nitro groups is 1. The average Bonchev–Trinajstić information content (AvgIpc) is 3.07. The van der Waals surface area contributed by atoms with Crippen LogP contribution in [0.3, 0.4) is 0 Å². The first-order valence-electron chi connectivity index (χ1n) is 5.32. The largest absolute Gasteiger partial charge is 0.274 e. The summed E-state index contributed by atoms with van der Waals surface area (Å²) in [6.45, 7) is 0. The molecule has 1 aromatic carbocycles. The normalized spacial score (nSPS) is 15.1. The van der Waals surface area contributed by atoms with Crippen molar-refractivity contribution >= 4 is 22.6 Å². The molecule has 1 aromatic heterocycles. The molecule has 1 aliphatic carbocycles. The highest BCUT2D eigenvalue weighted by Gasteiger charge is 2.31. The minimum absolute atomic E-state index is 0.0124. The van der Waals surface area contributed by atoms with Gasteiger partial charge in [-0.2, -0.15) is 0 Å². The maximum atomic E-state index is 11.9. The maximum absolute atomic E-state index is 11.9. The number of fused-ring (bicyclic) bond motifs is 1. The van der Waals surface area contributed by atoms with E-state index in [1.165, 1.54) is 23.0 Å². The van der Waals surface area contributed by atoms with Gasteiger partial charge in [0.05, 0.1) is 16.0 Å². The van der Waals surface area contributed by atoms with E-state index in [9.17, 15) is 14.9 Å². The first-order chi connectivity index (χ1) is 8.16. The molecule has 86 valence electrons. The van der Waals surface area contributed by atoms with Crippen molar-refractivity contribution in [2.24, 2.45) is 5.92 Å². The van der Waals surface area contributed by atoms with Gasteiger partial charge in [-0.05, 0) is 18.9 Å². The van der Waals surface area contributed by atoms with E-state index >= 15 is 0 Å². The highest BCUT2D eigenvalue weighted by molar-refractivity contribution is 5.93. The minimum Gasteiger partial charge on any atom is -0.274 e. The number of nitrogens with zero attached hydrogens (tertiary/aromatic N) is 3. The van der Waals surface area contributed by atoms with Crippen LogP contribution in [0.1, 0.15) is 17.6 Å². The molecule has 0 aliphatic heterocycles. The summed E-state index contributed by atoms with van der Waals surface area (Å²) in [6.07, 6.45) is 3.28. The second kappa shape index (κ2) is 3.38. The molecule has 0 atom stereocenters. The SMILES string of the molecule is O=C(C1CC1)n1cnc2cc([N+](=O)[O-])ccc21. The predicted octanol–water partition coefficient (Wildman–Crippen LogP) is 1.99. The number of carbonyl (C=O) groups excluding carboxylic acids is 1. The molecule has 0 radical (unpaired) electrons. The molecule has 6 nitrogen and oxygen atoms in total. The molecule has 2 aromatic rings. The molecular formula is C11H9N3O3. The third kappa shape index (κ3) is 1.57. The summed E-state index contributed by atoms with van der Waals surface area (Å²) in [4.78, 5) is 26.1. The zero-order valence-corrected chi connectivity index (χ0v) is 8.87. The lowest BCUT2D eigenvalue weighted by molar-refractivity contribution is -0.384. The Bertz CT molecular complexity index is 628. The molecule has 3 rings (SSSR count). The summed E-state index contributed by atoms with van der Waals surface area (Å²) in [5, 5.41) is 10.6. The second-order valence-electron chi connectivity index (χ2n) is 4.16. The van der Waals surface area contributed by atoms with Crippen LogP contribution < -0.4 is 0 Å². The summed E-state index contributed by atoms with van der Waals surface area (Å²) in [5.41, 5.74) is 1.10. The Morgan fingerprint density at radius 2 is 2.24 bits per heavy atom. The molecule has 6 heteroatoms. The Labute approximate surface area is 96.0 Å². The fraction of sp³-hybridized carbons (Fsp3) is 0.273. The molecule has 1 aliphatic rings. The molecule has 0 spiro atoms. The van der Waals surface area contributed by atoms with E-state index in [-0.39, 0.29) is 17.5 Å². The number of hydrogen-bond donors (Lipinski definition) is 0. The highest BCUT2D eigenvalue weighted by Crippen LogP contribution is 2.32. The van der Waals surface area contributed by atoms with E-state index in [4.69, 9.17) is 0 Å². The van der Waals surface area contributed by atoms with Crippen LogP contribution in [0.5, 0.6) is 0 Å².